The van der Waals surface area contributed by atoms with Crippen LogP contribution in [-0.2, 0) is 4.74 Å². The first kappa shape index (κ1) is 12.5. The fourth-order valence-corrected chi connectivity index (χ4v) is 2.53. The third-order valence-corrected chi connectivity index (χ3v) is 3.46. The lowest BCUT2D eigenvalue weighted by molar-refractivity contribution is 0.159. The molecule has 0 spiro atoms. The second kappa shape index (κ2) is 5.66. The van der Waals surface area contributed by atoms with Gasteiger partial charge in [0.1, 0.15) is 11.9 Å². The Hall–Kier alpha value is -2.48. The van der Waals surface area contributed by atoms with Crippen LogP contribution in [0.5, 0.6) is 0 Å². The molecule has 0 saturated carbocycles. The van der Waals surface area contributed by atoms with Crippen LogP contribution in [0.2, 0.25) is 0 Å². The first-order valence-electron chi connectivity index (χ1n) is 6.67. The van der Waals surface area contributed by atoms with E-state index in [2.05, 4.69) is 24.3 Å². The van der Waals surface area contributed by atoms with Crippen LogP contribution in [0.3, 0.4) is 0 Å². The number of hydrogen-bond donors (Lipinski definition) is 1. The molecule has 0 radical (unpaired) electrons. The topological polar surface area (TPSA) is 29.5 Å². The van der Waals surface area contributed by atoms with Crippen molar-refractivity contribution >= 4 is 0 Å². The highest BCUT2D eigenvalue weighted by molar-refractivity contribution is 5.36. The normalized spacial score (nSPS) is 17.6. The SMILES string of the molecule is OC1=CC(C(c2ccccc2)c2ccccc2)OC=C1. The standard InChI is InChI=1S/C18H16O2/c19-16-11-12-20-17(13-16)18(14-7-3-1-4-8-14)15-9-5-2-6-10-15/h1-13,17-19H. The van der Waals surface area contributed by atoms with Crippen molar-refractivity contribution in [2.45, 2.75) is 12.0 Å². The van der Waals surface area contributed by atoms with E-state index in [1.54, 1.807) is 18.4 Å². The Balaban J connectivity index is 2.03. The van der Waals surface area contributed by atoms with Crippen molar-refractivity contribution in [3.63, 3.8) is 0 Å². The van der Waals surface area contributed by atoms with Gasteiger partial charge < -0.3 is 9.84 Å². The summed E-state index contributed by atoms with van der Waals surface area (Å²) in [7, 11) is 0. The molecule has 100 valence electrons. The van der Waals surface area contributed by atoms with Crippen molar-refractivity contribution in [1.82, 2.24) is 0 Å². The van der Waals surface area contributed by atoms with Crippen molar-refractivity contribution in [3.8, 4) is 0 Å². The summed E-state index contributed by atoms with van der Waals surface area (Å²) >= 11 is 0. The second-order valence-electron chi connectivity index (χ2n) is 4.79. The third kappa shape index (κ3) is 2.59. The number of allylic oxidation sites excluding steroid dienone is 1. The highest BCUT2D eigenvalue weighted by Gasteiger charge is 2.25. The molecule has 2 heteroatoms. The summed E-state index contributed by atoms with van der Waals surface area (Å²) in [6, 6.07) is 20.4. The summed E-state index contributed by atoms with van der Waals surface area (Å²) in [5.41, 5.74) is 2.34. The summed E-state index contributed by atoms with van der Waals surface area (Å²) in [5.74, 6) is 0.308. The molecule has 2 aromatic carbocycles. The molecular formula is C18H16O2. The molecule has 3 rings (SSSR count). The molecule has 20 heavy (non-hydrogen) atoms. The van der Waals surface area contributed by atoms with Gasteiger partial charge in [-0.1, -0.05) is 60.7 Å². The zero-order valence-corrected chi connectivity index (χ0v) is 11.0. The smallest absolute Gasteiger partial charge is 0.131 e. The first-order valence-corrected chi connectivity index (χ1v) is 6.67. The molecule has 1 aliphatic rings. The highest BCUT2D eigenvalue weighted by Crippen LogP contribution is 2.32. The van der Waals surface area contributed by atoms with E-state index in [0.717, 1.165) is 0 Å². The Kier molecular flexibility index (Phi) is 3.55. The van der Waals surface area contributed by atoms with Crippen molar-refractivity contribution in [2.24, 2.45) is 0 Å². The fourth-order valence-electron chi connectivity index (χ4n) is 2.53. The molecule has 0 bridgehead atoms. The molecule has 0 fully saturated rings. The van der Waals surface area contributed by atoms with Crippen LogP contribution in [0.15, 0.2) is 84.8 Å². The van der Waals surface area contributed by atoms with Crippen LogP contribution in [0, 0.1) is 0 Å². The summed E-state index contributed by atoms with van der Waals surface area (Å²) in [4.78, 5) is 0. The van der Waals surface area contributed by atoms with Gasteiger partial charge in [-0.05, 0) is 17.2 Å². The van der Waals surface area contributed by atoms with Crippen LogP contribution >= 0.6 is 0 Å². The van der Waals surface area contributed by atoms with E-state index < -0.39 is 0 Å². The van der Waals surface area contributed by atoms with Crippen LogP contribution in [0.4, 0.5) is 0 Å². The third-order valence-electron chi connectivity index (χ3n) is 3.46. The van der Waals surface area contributed by atoms with Gasteiger partial charge in [-0.15, -0.1) is 0 Å². The van der Waals surface area contributed by atoms with Gasteiger partial charge >= 0.3 is 0 Å². The zero-order chi connectivity index (χ0) is 13.8. The first-order chi connectivity index (χ1) is 9.84. The Morgan fingerprint density at radius 2 is 1.40 bits per heavy atom. The van der Waals surface area contributed by atoms with Gasteiger partial charge in [0.05, 0.1) is 6.26 Å². The van der Waals surface area contributed by atoms with E-state index in [0.29, 0.717) is 0 Å². The molecule has 1 atom stereocenters. The number of benzene rings is 2. The molecule has 2 nitrogen and oxygen atoms in total. The van der Waals surface area contributed by atoms with E-state index >= 15 is 0 Å². The van der Waals surface area contributed by atoms with Gasteiger partial charge in [0.25, 0.3) is 0 Å². The van der Waals surface area contributed by atoms with E-state index in [4.69, 9.17) is 4.74 Å². The maximum absolute atomic E-state index is 9.72. The summed E-state index contributed by atoms with van der Waals surface area (Å²) in [5, 5.41) is 9.72. The van der Waals surface area contributed by atoms with Crippen LogP contribution in [0.25, 0.3) is 0 Å². The Morgan fingerprint density at radius 3 is 1.90 bits per heavy atom. The van der Waals surface area contributed by atoms with Crippen molar-refractivity contribution < 1.29 is 9.84 Å². The van der Waals surface area contributed by atoms with Crippen LogP contribution in [0.1, 0.15) is 17.0 Å². The van der Waals surface area contributed by atoms with E-state index in [9.17, 15) is 5.11 Å². The minimum Gasteiger partial charge on any atom is -0.508 e. The van der Waals surface area contributed by atoms with Gasteiger partial charge in [0.2, 0.25) is 0 Å². The molecule has 0 amide bonds. The maximum atomic E-state index is 9.72. The quantitative estimate of drug-likeness (QED) is 0.901. The summed E-state index contributed by atoms with van der Waals surface area (Å²) in [6.45, 7) is 0. The molecular weight excluding hydrogens is 248 g/mol. The molecule has 0 saturated heterocycles. The average molecular weight is 264 g/mol. The van der Waals surface area contributed by atoms with Gasteiger partial charge in [-0.25, -0.2) is 0 Å². The van der Waals surface area contributed by atoms with Gasteiger partial charge in [-0.2, -0.15) is 0 Å². The number of ether oxygens (including phenoxy) is 1. The van der Waals surface area contributed by atoms with E-state index in [1.165, 1.54) is 11.1 Å². The van der Waals surface area contributed by atoms with Crippen molar-refractivity contribution in [2.75, 3.05) is 0 Å². The van der Waals surface area contributed by atoms with Gasteiger partial charge in [-0.3, -0.25) is 0 Å². The molecule has 1 heterocycles. The molecule has 0 aliphatic carbocycles. The molecule has 1 unspecified atom stereocenters. The number of rotatable bonds is 3. The van der Waals surface area contributed by atoms with Crippen molar-refractivity contribution in [3.05, 3.63) is 96.0 Å². The Morgan fingerprint density at radius 1 is 0.850 bits per heavy atom. The van der Waals surface area contributed by atoms with E-state index in [1.807, 2.05) is 36.4 Å². The lowest BCUT2D eigenvalue weighted by Gasteiger charge is -2.27. The Labute approximate surface area is 118 Å². The second-order valence-corrected chi connectivity index (χ2v) is 4.79. The summed E-state index contributed by atoms with van der Waals surface area (Å²) < 4.78 is 5.70. The lowest BCUT2D eigenvalue weighted by Crippen LogP contribution is -2.21. The lowest BCUT2D eigenvalue weighted by atomic mass is 9.86. The molecule has 2 aromatic rings. The van der Waals surface area contributed by atoms with Crippen molar-refractivity contribution in [1.29, 1.82) is 0 Å². The number of hydrogen-bond acceptors (Lipinski definition) is 2. The average Bonchev–Trinajstić information content (AvgIpc) is 2.50. The zero-order valence-electron chi connectivity index (χ0n) is 11.0. The predicted molar refractivity (Wildman–Crippen MR) is 79.5 cm³/mol. The molecule has 0 aromatic heterocycles. The number of aliphatic hydroxyl groups excluding tert-OH is 1. The molecule has 1 N–H and O–H groups in total. The van der Waals surface area contributed by atoms with Gasteiger partial charge in [0, 0.05) is 12.0 Å². The van der Waals surface area contributed by atoms with Crippen LogP contribution in [-0.4, -0.2) is 11.2 Å². The fraction of sp³-hybridized carbons (Fsp3) is 0.111. The Bertz CT molecular complexity index is 575. The number of aliphatic hydroxyl groups is 1. The monoisotopic (exact) mass is 264 g/mol. The van der Waals surface area contributed by atoms with Gasteiger partial charge in [0.15, 0.2) is 0 Å². The predicted octanol–water partition coefficient (Wildman–Crippen LogP) is 4.17. The van der Waals surface area contributed by atoms with Crippen LogP contribution < -0.4 is 0 Å². The highest BCUT2D eigenvalue weighted by atomic mass is 16.5. The minimum absolute atomic E-state index is 0.0597. The van der Waals surface area contributed by atoms with E-state index in [-0.39, 0.29) is 17.8 Å². The minimum atomic E-state index is -0.204. The largest absolute Gasteiger partial charge is 0.508 e. The summed E-state index contributed by atoms with van der Waals surface area (Å²) in [6.07, 6.45) is 4.66. The molecule has 1 aliphatic heterocycles. The maximum Gasteiger partial charge on any atom is 0.131 e.